The van der Waals surface area contributed by atoms with Gasteiger partial charge in [0.2, 0.25) is 5.75 Å². The summed E-state index contributed by atoms with van der Waals surface area (Å²) in [6, 6.07) is 7.00. The van der Waals surface area contributed by atoms with Crippen molar-refractivity contribution in [3.8, 4) is 17.2 Å². The summed E-state index contributed by atoms with van der Waals surface area (Å²) >= 11 is 0. The van der Waals surface area contributed by atoms with E-state index in [0.29, 0.717) is 29.4 Å². The van der Waals surface area contributed by atoms with E-state index in [9.17, 15) is 4.79 Å². The summed E-state index contributed by atoms with van der Waals surface area (Å²) in [5, 5.41) is 0. The summed E-state index contributed by atoms with van der Waals surface area (Å²) in [4.78, 5) is 15.8. The van der Waals surface area contributed by atoms with Gasteiger partial charge in [0.1, 0.15) is 0 Å². The lowest BCUT2D eigenvalue weighted by Gasteiger charge is -2.16. The molecule has 0 spiro atoms. The first-order valence-electron chi connectivity index (χ1n) is 6.92. The quantitative estimate of drug-likeness (QED) is 0.754. The van der Waals surface area contributed by atoms with Crippen LogP contribution in [0.2, 0.25) is 0 Å². The van der Waals surface area contributed by atoms with Crippen LogP contribution in [0.25, 0.3) is 0 Å². The Balaban J connectivity index is 2.05. The number of hydrogen-bond donors (Lipinski definition) is 2. The van der Waals surface area contributed by atoms with Crippen LogP contribution in [-0.2, 0) is 6.54 Å². The number of pyridine rings is 1. The molecule has 7 nitrogen and oxygen atoms in total. The van der Waals surface area contributed by atoms with Crippen molar-refractivity contribution in [1.29, 1.82) is 0 Å². The number of nitrogens with one attached hydrogen (secondary N) is 2. The zero-order valence-corrected chi connectivity index (χ0v) is 13.3. The maximum Gasteiger partial charge on any atom is 0.266 e. The highest BCUT2D eigenvalue weighted by molar-refractivity contribution is 5.93. The Morgan fingerprint density at radius 3 is 2.48 bits per heavy atom. The largest absolute Gasteiger partial charge is 0.493 e. The highest BCUT2D eigenvalue weighted by Gasteiger charge is 2.15. The molecule has 0 saturated carbocycles. The molecule has 0 atom stereocenters. The zero-order valence-electron chi connectivity index (χ0n) is 13.3. The average Bonchev–Trinajstić information content (AvgIpc) is 2.61. The van der Waals surface area contributed by atoms with Crippen molar-refractivity contribution in [2.24, 2.45) is 0 Å². The lowest BCUT2D eigenvalue weighted by molar-refractivity contribution is 0.0931. The van der Waals surface area contributed by atoms with Crippen LogP contribution in [0.3, 0.4) is 0 Å². The standard InChI is InChI=1S/C16H19N3O4/c1-21-13-7-6-11(14(22-2)15(13)23-3)10-18-19-16(20)12-5-4-8-17-9-12/h4-9,18H,10H2,1-3H3,(H,19,20). The lowest BCUT2D eigenvalue weighted by Crippen LogP contribution is -2.36. The molecule has 1 amide bonds. The second kappa shape index (κ2) is 8.00. The summed E-state index contributed by atoms with van der Waals surface area (Å²) in [6.07, 6.45) is 3.10. The highest BCUT2D eigenvalue weighted by Crippen LogP contribution is 2.39. The molecule has 23 heavy (non-hydrogen) atoms. The molecule has 2 aromatic rings. The number of methoxy groups -OCH3 is 3. The van der Waals surface area contributed by atoms with Crippen molar-refractivity contribution in [1.82, 2.24) is 15.8 Å². The monoisotopic (exact) mass is 317 g/mol. The molecule has 0 bridgehead atoms. The number of hydrogen-bond acceptors (Lipinski definition) is 6. The van der Waals surface area contributed by atoms with Crippen molar-refractivity contribution >= 4 is 5.91 Å². The van der Waals surface area contributed by atoms with E-state index in [2.05, 4.69) is 15.8 Å². The topological polar surface area (TPSA) is 81.7 Å². The van der Waals surface area contributed by atoms with Gasteiger partial charge in [0.15, 0.2) is 11.5 Å². The van der Waals surface area contributed by atoms with E-state index in [4.69, 9.17) is 14.2 Å². The van der Waals surface area contributed by atoms with Gasteiger partial charge in [0, 0.05) is 24.5 Å². The summed E-state index contributed by atoms with van der Waals surface area (Å²) in [5.74, 6) is 1.37. The lowest BCUT2D eigenvalue weighted by atomic mass is 10.1. The zero-order chi connectivity index (χ0) is 16.7. The third-order valence-corrected chi connectivity index (χ3v) is 3.19. The normalized spacial score (nSPS) is 10.0. The van der Waals surface area contributed by atoms with E-state index in [-0.39, 0.29) is 5.91 Å². The van der Waals surface area contributed by atoms with Crippen LogP contribution >= 0.6 is 0 Å². The van der Waals surface area contributed by atoms with E-state index in [1.807, 2.05) is 6.07 Å². The molecule has 7 heteroatoms. The average molecular weight is 317 g/mol. The summed E-state index contributed by atoms with van der Waals surface area (Å²) in [5.41, 5.74) is 6.76. The second-order valence-corrected chi connectivity index (χ2v) is 4.54. The van der Waals surface area contributed by atoms with Gasteiger partial charge in [-0.15, -0.1) is 0 Å². The molecule has 0 unspecified atom stereocenters. The molecule has 1 aromatic heterocycles. The fourth-order valence-corrected chi connectivity index (χ4v) is 2.09. The maximum absolute atomic E-state index is 11.9. The molecular weight excluding hydrogens is 298 g/mol. The van der Waals surface area contributed by atoms with Gasteiger partial charge in [-0.25, -0.2) is 5.43 Å². The molecule has 0 aliphatic carbocycles. The molecule has 1 heterocycles. The van der Waals surface area contributed by atoms with Gasteiger partial charge in [0.05, 0.1) is 26.9 Å². The van der Waals surface area contributed by atoms with Crippen LogP contribution in [0.4, 0.5) is 0 Å². The van der Waals surface area contributed by atoms with Crippen LogP contribution in [0.15, 0.2) is 36.7 Å². The molecule has 0 saturated heterocycles. The summed E-state index contributed by atoms with van der Waals surface area (Å²) < 4.78 is 15.9. The molecule has 1 aromatic carbocycles. The van der Waals surface area contributed by atoms with Crippen LogP contribution < -0.4 is 25.1 Å². The predicted molar refractivity (Wildman–Crippen MR) is 84.6 cm³/mol. The summed E-state index contributed by atoms with van der Waals surface area (Å²) in [6.45, 7) is 0.357. The minimum Gasteiger partial charge on any atom is -0.493 e. The van der Waals surface area contributed by atoms with Gasteiger partial charge in [-0.1, -0.05) is 0 Å². The number of aromatic nitrogens is 1. The van der Waals surface area contributed by atoms with E-state index >= 15 is 0 Å². The minimum absolute atomic E-state index is 0.266. The predicted octanol–water partition coefficient (Wildman–Crippen LogP) is 1.54. The molecule has 2 N–H and O–H groups in total. The molecule has 2 rings (SSSR count). The fraction of sp³-hybridized carbons (Fsp3) is 0.250. The maximum atomic E-state index is 11.9. The number of amides is 1. The van der Waals surface area contributed by atoms with Crippen LogP contribution in [0.1, 0.15) is 15.9 Å². The molecule has 0 aliphatic heterocycles. The first-order chi connectivity index (χ1) is 11.2. The van der Waals surface area contributed by atoms with Crippen LogP contribution in [0, 0.1) is 0 Å². The fourth-order valence-electron chi connectivity index (χ4n) is 2.09. The van der Waals surface area contributed by atoms with Crippen molar-refractivity contribution in [3.05, 3.63) is 47.8 Å². The Morgan fingerprint density at radius 1 is 1.09 bits per heavy atom. The van der Waals surface area contributed by atoms with E-state index < -0.39 is 0 Å². The van der Waals surface area contributed by atoms with Crippen molar-refractivity contribution in [2.75, 3.05) is 21.3 Å². The van der Waals surface area contributed by atoms with Gasteiger partial charge in [-0.2, -0.15) is 0 Å². The number of hydrazine groups is 1. The number of ether oxygens (including phenoxy) is 3. The molecular formula is C16H19N3O4. The number of rotatable bonds is 7. The van der Waals surface area contributed by atoms with E-state index in [1.165, 1.54) is 6.20 Å². The molecule has 0 aliphatic rings. The Labute approximate surface area is 134 Å². The Kier molecular flexibility index (Phi) is 5.76. The smallest absolute Gasteiger partial charge is 0.266 e. The molecule has 0 radical (unpaired) electrons. The SMILES string of the molecule is COc1ccc(CNNC(=O)c2cccnc2)c(OC)c1OC. The Bertz CT molecular complexity index is 662. The van der Waals surface area contributed by atoms with Gasteiger partial charge in [0.25, 0.3) is 5.91 Å². The van der Waals surface area contributed by atoms with E-state index in [0.717, 1.165) is 5.56 Å². The number of benzene rings is 1. The second-order valence-electron chi connectivity index (χ2n) is 4.54. The first-order valence-corrected chi connectivity index (χ1v) is 6.92. The van der Waals surface area contributed by atoms with Gasteiger partial charge < -0.3 is 14.2 Å². The van der Waals surface area contributed by atoms with Crippen LogP contribution in [0.5, 0.6) is 17.2 Å². The Hall–Kier alpha value is -2.80. The van der Waals surface area contributed by atoms with Gasteiger partial charge in [-0.3, -0.25) is 15.2 Å². The van der Waals surface area contributed by atoms with Gasteiger partial charge in [-0.05, 0) is 24.3 Å². The number of carbonyl (C=O) groups excluding carboxylic acids is 1. The van der Waals surface area contributed by atoms with E-state index in [1.54, 1.807) is 45.7 Å². The molecule has 122 valence electrons. The van der Waals surface area contributed by atoms with Crippen LogP contribution in [-0.4, -0.2) is 32.2 Å². The number of nitrogens with zero attached hydrogens (tertiary/aromatic N) is 1. The number of carbonyl (C=O) groups is 1. The third kappa shape index (κ3) is 3.89. The van der Waals surface area contributed by atoms with Gasteiger partial charge >= 0.3 is 0 Å². The molecule has 0 fully saturated rings. The highest BCUT2D eigenvalue weighted by atomic mass is 16.5. The van der Waals surface area contributed by atoms with Crippen molar-refractivity contribution in [2.45, 2.75) is 6.54 Å². The van der Waals surface area contributed by atoms with Crippen molar-refractivity contribution in [3.63, 3.8) is 0 Å². The van der Waals surface area contributed by atoms with Crippen molar-refractivity contribution < 1.29 is 19.0 Å². The Morgan fingerprint density at radius 2 is 1.87 bits per heavy atom. The first kappa shape index (κ1) is 16.6. The summed E-state index contributed by atoms with van der Waals surface area (Å²) in [7, 11) is 4.65. The minimum atomic E-state index is -0.266. The third-order valence-electron chi connectivity index (χ3n) is 3.19.